The summed E-state index contributed by atoms with van der Waals surface area (Å²) in [4.78, 5) is 12.1. The number of halogens is 3. The summed E-state index contributed by atoms with van der Waals surface area (Å²) in [6, 6.07) is 17.3. The Morgan fingerprint density at radius 3 is 2.45 bits per heavy atom. The molecule has 0 atom stereocenters. The van der Waals surface area contributed by atoms with Crippen LogP contribution >= 0.6 is 43.5 Å². The Labute approximate surface area is 189 Å². The molecule has 8 heteroatoms. The Morgan fingerprint density at radius 1 is 1.10 bits per heavy atom. The normalized spacial score (nSPS) is 10.9. The SMILES string of the molecule is O=C(N/N=C/c1cc(Br)c(OCc2ccccc2Cl)c(Br)c1)c1ccccc1O. The highest BCUT2D eigenvalue weighted by Crippen LogP contribution is 2.35. The predicted octanol–water partition coefficient (Wildman–Crippen LogP) is 5.91. The molecule has 0 spiro atoms. The minimum absolute atomic E-state index is 0.106. The minimum Gasteiger partial charge on any atom is -0.507 e. The van der Waals surface area contributed by atoms with E-state index in [0.29, 0.717) is 26.3 Å². The van der Waals surface area contributed by atoms with E-state index in [1.54, 1.807) is 12.1 Å². The van der Waals surface area contributed by atoms with E-state index >= 15 is 0 Å². The second kappa shape index (κ2) is 9.91. The lowest BCUT2D eigenvalue weighted by Crippen LogP contribution is -2.17. The highest BCUT2D eigenvalue weighted by Gasteiger charge is 2.11. The summed E-state index contributed by atoms with van der Waals surface area (Å²) in [5.74, 6) is 0.0168. The van der Waals surface area contributed by atoms with E-state index in [9.17, 15) is 9.90 Å². The van der Waals surface area contributed by atoms with Crippen molar-refractivity contribution in [3.63, 3.8) is 0 Å². The first-order chi connectivity index (χ1) is 14.0. The Bertz CT molecular complexity index is 1050. The fourth-order valence-electron chi connectivity index (χ4n) is 2.45. The summed E-state index contributed by atoms with van der Waals surface area (Å²) in [5.41, 5.74) is 4.15. The van der Waals surface area contributed by atoms with Gasteiger partial charge in [-0.2, -0.15) is 5.10 Å². The number of benzene rings is 3. The molecule has 3 aromatic carbocycles. The maximum atomic E-state index is 12.1. The Morgan fingerprint density at radius 2 is 1.76 bits per heavy atom. The number of rotatable bonds is 6. The number of phenols is 1. The number of ether oxygens (including phenoxy) is 1. The molecule has 2 N–H and O–H groups in total. The number of hydrazone groups is 1. The molecule has 148 valence electrons. The molecule has 0 aliphatic carbocycles. The fourth-order valence-corrected chi connectivity index (χ4v) is 4.09. The summed E-state index contributed by atoms with van der Waals surface area (Å²) in [7, 11) is 0. The molecular formula is C21H15Br2ClN2O3. The fraction of sp³-hybridized carbons (Fsp3) is 0.0476. The molecule has 0 unspecified atom stereocenters. The number of para-hydroxylation sites is 1. The molecule has 0 saturated carbocycles. The topological polar surface area (TPSA) is 70.9 Å². The average molecular weight is 539 g/mol. The van der Waals surface area contributed by atoms with Crippen LogP contribution in [0.3, 0.4) is 0 Å². The second-order valence-electron chi connectivity index (χ2n) is 5.91. The number of hydrogen-bond donors (Lipinski definition) is 2. The summed E-state index contributed by atoms with van der Waals surface area (Å²) in [6.45, 7) is 0.320. The van der Waals surface area contributed by atoms with Gasteiger partial charge in [0.2, 0.25) is 0 Å². The van der Waals surface area contributed by atoms with Gasteiger partial charge >= 0.3 is 0 Å². The number of phenolic OH excluding ortho intramolecular Hbond substituents is 1. The molecule has 0 fully saturated rings. The number of nitrogens with zero attached hydrogens (tertiary/aromatic N) is 1. The molecule has 0 saturated heterocycles. The quantitative estimate of drug-likeness (QED) is 0.303. The van der Waals surface area contributed by atoms with E-state index < -0.39 is 5.91 Å². The van der Waals surface area contributed by atoms with Crippen molar-refractivity contribution in [1.29, 1.82) is 0 Å². The van der Waals surface area contributed by atoms with Gasteiger partial charge in [0, 0.05) is 10.6 Å². The van der Waals surface area contributed by atoms with Crippen LogP contribution in [0.25, 0.3) is 0 Å². The zero-order valence-electron chi connectivity index (χ0n) is 14.9. The summed E-state index contributed by atoms with van der Waals surface area (Å²) < 4.78 is 7.31. The van der Waals surface area contributed by atoms with Gasteiger partial charge in [-0.1, -0.05) is 41.9 Å². The van der Waals surface area contributed by atoms with Crippen molar-refractivity contribution >= 4 is 55.6 Å². The van der Waals surface area contributed by atoms with Gasteiger partial charge < -0.3 is 9.84 Å². The molecule has 1 amide bonds. The van der Waals surface area contributed by atoms with Gasteiger partial charge in [-0.25, -0.2) is 5.43 Å². The van der Waals surface area contributed by atoms with E-state index in [-0.39, 0.29) is 11.3 Å². The number of carbonyl (C=O) groups is 1. The Hall–Kier alpha value is -2.35. The minimum atomic E-state index is -0.503. The molecule has 0 bridgehead atoms. The van der Waals surface area contributed by atoms with Crippen LogP contribution in [0, 0.1) is 0 Å². The third kappa shape index (κ3) is 5.59. The van der Waals surface area contributed by atoms with Gasteiger partial charge in [0.05, 0.1) is 20.7 Å². The Balaban J connectivity index is 1.67. The van der Waals surface area contributed by atoms with E-state index in [0.717, 1.165) is 11.1 Å². The smallest absolute Gasteiger partial charge is 0.275 e. The first kappa shape index (κ1) is 21.4. The monoisotopic (exact) mass is 536 g/mol. The zero-order chi connectivity index (χ0) is 20.8. The number of hydrogen-bond acceptors (Lipinski definition) is 4. The maximum absolute atomic E-state index is 12.1. The first-order valence-electron chi connectivity index (χ1n) is 8.42. The molecule has 3 rings (SSSR count). The van der Waals surface area contributed by atoms with Gasteiger partial charge in [-0.05, 0) is 67.8 Å². The zero-order valence-corrected chi connectivity index (χ0v) is 18.8. The van der Waals surface area contributed by atoms with Crippen LogP contribution in [0.2, 0.25) is 5.02 Å². The molecule has 0 aromatic heterocycles. The molecule has 29 heavy (non-hydrogen) atoms. The van der Waals surface area contributed by atoms with Crippen molar-refractivity contribution in [2.45, 2.75) is 6.61 Å². The van der Waals surface area contributed by atoms with Gasteiger partial charge in [0.25, 0.3) is 5.91 Å². The van der Waals surface area contributed by atoms with Crippen LogP contribution in [0.1, 0.15) is 21.5 Å². The number of amides is 1. The number of aromatic hydroxyl groups is 1. The second-order valence-corrected chi connectivity index (χ2v) is 8.03. The lowest BCUT2D eigenvalue weighted by molar-refractivity contribution is 0.0952. The van der Waals surface area contributed by atoms with Crippen LogP contribution in [0.15, 0.2) is 74.7 Å². The third-order valence-electron chi connectivity index (χ3n) is 3.88. The molecule has 0 heterocycles. The van der Waals surface area contributed by atoms with Crippen molar-refractivity contribution in [2.24, 2.45) is 5.10 Å². The van der Waals surface area contributed by atoms with Crippen molar-refractivity contribution in [3.05, 3.63) is 91.3 Å². The average Bonchev–Trinajstić information content (AvgIpc) is 2.69. The van der Waals surface area contributed by atoms with Gasteiger partial charge in [-0.15, -0.1) is 0 Å². The predicted molar refractivity (Wildman–Crippen MR) is 121 cm³/mol. The van der Waals surface area contributed by atoms with Crippen molar-refractivity contribution in [2.75, 3.05) is 0 Å². The van der Waals surface area contributed by atoms with Gasteiger partial charge in [-0.3, -0.25) is 4.79 Å². The lowest BCUT2D eigenvalue weighted by Gasteiger charge is -2.12. The van der Waals surface area contributed by atoms with E-state index in [1.165, 1.54) is 18.3 Å². The first-order valence-corrected chi connectivity index (χ1v) is 10.4. The van der Waals surface area contributed by atoms with Crippen molar-refractivity contribution in [1.82, 2.24) is 5.43 Å². The standard InChI is InChI=1S/C21H15Br2ClN2O3/c22-16-9-13(11-25-26-21(28)15-6-2-4-8-19(15)27)10-17(23)20(16)29-12-14-5-1-3-7-18(14)24/h1-11,27H,12H2,(H,26,28)/b25-11+. The molecular weight excluding hydrogens is 524 g/mol. The van der Waals surface area contributed by atoms with Gasteiger partial charge in [0.1, 0.15) is 18.1 Å². The number of carbonyl (C=O) groups excluding carboxylic acids is 1. The molecule has 0 aliphatic heterocycles. The van der Waals surface area contributed by atoms with E-state index in [2.05, 4.69) is 42.4 Å². The van der Waals surface area contributed by atoms with Crippen LogP contribution in [0.4, 0.5) is 0 Å². The van der Waals surface area contributed by atoms with Crippen LogP contribution in [-0.2, 0) is 6.61 Å². The van der Waals surface area contributed by atoms with Crippen LogP contribution in [0.5, 0.6) is 11.5 Å². The molecule has 0 radical (unpaired) electrons. The van der Waals surface area contributed by atoms with E-state index in [1.807, 2.05) is 36.4 Å². The summed E-state index contributed by atoms with van der Waals surface area (Å²) in [5, 5.41) is 14.3. The van der Waals surface area contributed by atoms with Crippen LogP contribution < -0.4 is 10.2 Å². The molecule has 0 aliphatic rings. The number of nitrogens with one attached hydrogen (secondary N) is 1. The highest BCUT2D eigenvalue weighted by atomic mass is 79.9. The van der Waals surface area contributed by atoms with E-state index in [4.69, 9.17) is 16.3 Å². The molecule has 3 aromatic rings. The summed E-state index contributed by atoms with van der Waals surface area (Å²) in [6.07, 6.45) is 1.49. The highest BCUT2D eigenvalue weighted by molar-refractivity contribution is 9.11. The van der Waals surface area contributed by atoms with Crippen molar-refractivity contribution < 1.29 is 14.6 Å². The summed E-state index contributed by atoms with van der Waals surface area (Å²) >= 11 is 13.1. The Kier molecular flexibility index (Phi) is 7.30. The lowest BCUT2D eigenvalue weighted by atomic mass is 10.2. The van der Waals surface area contributed by atoms with Crippen molar-refractivity contribution in [3.8, 4) is 11.5 Å². The van der Waals surface area contributed by atoms with Gasteiger partial charge in [0.15, 0.2) is 0 Å². The maximum Gasteiger partial charge on any atom is 0.275 e. The van der Waals surface area contributed by atoms with Crippen LogP contribution in [-0.4, -0.2) is 17.2 Å². The largest absolute Gasteiger partial charge is 0.507 e. The third-order valence-corrected chi connectivity index (χ3v) is 5.43. The molecule has 5 nitrogen and oxygen atoms in total.